The fourth-order valence-corrected chi connectivity index (χ4v) is 2.06. The van der Waals surface area contributed by atoms with Crippen molar-refractivity contribution in [1.82, 2.24) is 19.9 Å². The summed E-state index contributed by atoms with van der Waals surface area (Å²) >= 11 is 0. The molecule has 8 heteroatoms. The molecule has 1 aromatic carbocycles. The van der Waals surface area contributed by atoms with Gasteiger partial charge in [-0.25, -0.2) is 9.37 Å². The molecule has 0 radical (unpaired) electrons. The van der Waals surface area contributed by atoms with Gasteiger partial charge in [-0.05, 0) is 11.1 Å². The number of fused-ring (bicyclic) bond motifs is 1. The third-order valence-electron chi connectivity index (χ3n) is 3.16. The lowest BCUT2D eigenvalue weighted by atomic mass is 10.1. The molecular formula is C15H16FN5O2. The van der Waals surface area contributed by atoms with Crippen LogP contribution in [0, 0.1) is 0 Å². The number of alkyl halides is 1. The number of anilines is 1. The molecule has 0 aliphatic carbocycles. The summed E-state index contributed by atoms with van der Waals surface area (Å²) in [5.41, 5.74) is 8.64. The van der Waals surface area contributed by atoms with Gasteiger partial charge in [-0.15, -0.1) is 0 Å². The Morgan fingerprint density at radius 2 is 1.83 bits per heavy atom. The van der Waals surface area contributed by atoms with E-state index < -0.39 is 6.67 Å². The third kappa shape index (κ3) is 3.72. The monoisotopic (exact) mass is 317 g/mol. The van der Waals surface area contributed by atoms with Gasteiger partial charge in [0.2, 0.25) is 11.8 Å². The molecule has 2 heterocycles. The summed E-state index contributed by atoms with van der Waals surface area (Å²) in [7, 11) is 0. The lowest BCUT2D eigenvalue weighted by molar-refractivity contribution is 0.106. The van der Waals surface area contributed by atoms with Gasteiger partial charge in [0.15, 0.2) is 5.65 Å². The highest BCUT2D eigenvalue weighted by Gasteiger charge is 2.09. The topological polar surface area (TPSA) is 98.9 Å². The number of nitrogens with one attached hydrogen (secondary N) is 1. The number of halogens is 1. The second-order valence-corrected chi connectivity index (χ2v) is 4.83. The van der Waals surface area contributed by atoms with E-state index in [0.717, 1.165) is 11.1 Å². The van der Waals surface area contributed by atoms with Gasteiger partial charge in [-0.2, -0.15) is 9.97 Å². The Balaban J connectivity index is 1.64. The zero-order chi connectivity index (χ0) is 16.1. The van der Waals surface area contributed by atoms with Crippen molar-refractivity contribution in [2.45, 2.75) is 13.2 Å². The number of aromatic amines is 1. The highest BCUT2D eigenvalue weighted by molar-refractivity contribution is 5.76. The number of nitrogens with zero attached hydrogens (tertiary/aromatic N) is 3. The SMILES string of the molecule is Nc1nc(OCc2ccc(COCCF)cc2)c2[nH]cnc2n1. The predicted molar refractivity (Wildman–Crippen MR) is 82.5 cm³/mol. The molecule has 0 aliphatic heterocycles. The van der Waals surface area contributed by atoms with E-state index in [1.54, 1.807) is 0 Å². The quantitative estimate of drug-likeness (QED) is 0.647. The van der Waals surface area contributed by atoms with E-state index in [0.29, 0.717) is 30.3 Å². The standard InChI is InChI=1S/C15H16FN5O2/c16-5-6-22-7-10-1-3-11(4-2-10)8-23-14-12-13(19-9-18-12)20-15(17)21-14/h1-4,9H,5-8H2,(H3,17,18,19,20,21). The van der Waals surface area contributed by atoms with Crippen LogP contribution in [0.15, 0.2) is 30.6 Å². The number of rotatable bonds is 7. The number of aromatic nitrogens is 4. The van der Waals surface area contributed by atoms with Crippen LogP contribution in [0.2, 0.25) is 0 Å². The molecule has 0 spiro atoms. The molecule has 0 bridgehead atoms. The summed E-state index contributed by atoms with van der Waals surface area (Å²) in [6.07, 6.45) is 1.51. The zero-order valence-corrected chi connectivity index (χ0v) is 12.3. The Kier molecular flexibility index (Phi) is 4.62. The van der Waals surface area contributed by atoms with E-state index >= 15 is 0 Å². The van der Waals surface area contributed by atoms with Gasteiger partial charge in [0, 0.05) is 0 Å². The molecule has 3 rings (SSSR count). The lowest BCUT2D eigenvalue weighted by Gasteiger charge is -2.08. The average molecular weight is 317 g/mol. The van der Waals surface area contributed by atoms with E-state index in [-0.39, 0.29) is 12.6 Å². The second-order valence-electron chi connectivity index (χ2n) is 4.83. The summed E-state index contributed by atoms with van der Waals surface area (Å²) in [5, 5.41) is 0. The van der Waals surface area contributed by atoms with Crippen LogP contribution in [0.3, 0.4) is 0 Å². The molecule has 23 heavy (non-hydrogen) atoms. The number of imidazole rings is 1. The van der Waals surface area contributed by atoms with Crippen molar-refractivity contribution in [2.24, 2.45) is 0 Å². The molecule has 120 valence electrons. The number of ether oxygens (including phenoxy) is 2. The number of nitrogen functional groups attached to an aromatic ring is 1. The molecule has 0 saturated carbocycles. The van der Waals surface area contributed by atoms with E-state index in [4.69, 9.17) is 15.2 Å². The largest absolute Gasteiger partial charge is 0.471 e. The maximum absolute atomic E-state index is 12.0. The van der Waals surface area contributed by atoms with Crippen LogP contribution in [0.1, 0.15) is 11.1 Å². The lowest BCUT2D eigenvalue weighted by Crippen LogP contribution is -2.02. The first-order valence-corrected chi connectivity index (χ1v) is 7.07. The Hall–Kier alpha value is -2.74. The van der Waals surface area contributed by atoms with Crippen LogP contribution in [-0.4, -0.2) is 33.2 Å². The molecule has 0 atom stereocenters. The van der Waals surface area contributed by atoms with Crippen LogP contribution in [0.25, 0.3) is 11.2 Å². The van der Waals surface area contributed by atoms with E-state index in [9.17, 15) is 4.39 Å². The highest BCUT2D eigenvalue weighted by atomic mass is 19.1. The predicted octanol–water partition coefficient (Wildman–Crippen LogP) is 2.00. The van der Waals surface area contributed by atoms with Crippen molar-refractivity contribution in [2.75, 3.05) is 19.0 Å². The molecule has 0 saturated heterocycles. The Morgan fingerprint density at radius 3 is 2.57 bits per heavy atom. The van der Waals surface area contributed by atoms with Crippen LogP contribution in [0.5, 0.6) is 5.88 Å². The molecule has 3 aromatic rings. The Morgan fingerprint density at radius 1 is 1.09 bits per heavy atom. The minimum atomic E-state index is -0.476. The van der Waals surface area contributed by atoms with Crippen molar-refractivity contribution in [3.8, 4) is 5.88 Å². The van der Waals surface area contributed by atoms with Gasteiger partial charge in [0.1, 0.15) is 18.8 Å². The first-order chi connectivity index (χ1) is 11.3. The van der Waals surface area contributed by atoms with Gasteiger partial charge >= 0.3 is 0 Å². The fraction of sp³-hybridized carbons (Fsp3) is 0.267. The number of nitrogens with two attached hydrogens (primary N) is 1. The van der Waals surface area contributed by atoms with Crippen LogP contribution in [-0.2, 0) is 18.0 Å². The van der Waals surface area contributed by atoms with Crippen LogP contribution < -0.4 is 10.5 Å². The minimum Gasteiger partial charge on any atom is -0.471 e. The zero-order valence-electron chi connectivity index (χ0n) is 12.3. The van der Waals surface area contributed by atoms with Crippen molar-refractivity contribution in [3.05, 3.63) is 41.7 Å². The van der Waals surface area contributed by atoms with E-state index in [1.807, 2.05) is 24.3 Å². The Labute approximate surface area is 131 Å². The number of hydrogen-bond acceptors (Lipinski definition) is 6. The van der Waals surface area contributed by atoms with Gasteiger partial charge in [-0.3, -0.25) is 0 Å². The number of hydrogen-bond donors (Lipinski definition) is 2. The highest BCUT2D eigenvalue weighted by Crippen LogP contribution is 2.20. The summed E-state index contributed by atoms with van der Waals surface area (Å²) in [6.45, 7) is 0.356. The maximum Gasteiger partial charge on any atom is 0.245 e. The third-order valence-corrected chi connectivity index (χ3v) is 3.16. The summed E-state index contributed by atoms with van der Waals surface area (Å²) in [5.74, 6) is 0.473. The summed E-state index contributed by atoms with van der Waals surface area (Å²) in [6, 6.07) is 7.67. The summed E-state index contributed by atoms with van der Waals surface area (Å²) in [4.78, 5) is 15.0. The van der Waals surface area contributed by atoms with Crippen molar-refractivity contribution >= 4 is 17.1 Å². The van der Waals surface area contributed by atoms with E-state index in [2.05, 4.69) is 19.9 Å². The molecule has 2 aromatic heterocycles. The smallest absolute Gasteiger partial charge is 0.245 e. The molecule has 3 N–H and O–H groups in total. The fourth-order valence-electron chi connectivity index (χ4n) is 2.06. The van der Waals surface area contributed by atoms with Crippen molar-refractivity contribution in [1.29, 1.82) is 0 Å². The summed E-state index contributed by atoms with van der Waals surface area (Å²) < 4.78 is 22.8. The second kappa shape index (κ2) is 7.01. The van der Waals surface area contributed by atoms with Crippen molar-refractivity contribution in [3.63, 3.8) is 0 Å². The molecule has 0 unspecified atom stereocenters. The van der Waals surface area contributed by atoms with Gasteiger partial charge in [0.25, 0.3) is 0 Å². The minimum absolute atomic E-state index is 0.111. The van der Waals surface area contributed by atoms with Gasteiger partial charge < -0.3 is 20.2 Å². The van der Waals surface area contributed by atoms with Crippen molar-refractivity contribution < 1.29 is 13.9 Å². The van der Waals surface area contributed by atoms with Gasteiger partial charge in [0.05, 0.1) is 19.5 Å². The number of H-pyrrole nitrogens is 1. The maximum atomic E-state index is 12.0. The van der Waals surface area contributed by atoms with E-state index in [1.165, 1.54) is 6.33 Å². The van der Waals surface area contributed by atoms with Gasteiger partial charge in [-0.1, -0.05) is 24.3 Å². The van der Waals surface area contributed by atoms with Crippen LogP contribution >= 0.6 is 0 Å². The van der Waals surface area contributed by atoms with Crippen LogP contribution in [0.4, 0.5) is 10.3 Å². The molecule has 0 aliphatic rings. The Bertz CT molecular complexity index is 775. The normalized spacial score (nSPS) is 11.0. The average Bonchev–Trinajstić information content (AvgIpc) is 3.02. The molecule has 7 nitrogen and oxygen atoms in total. The molecule has 0 amide bonds. The molecule has 0 fully saturated rings. The molecular weight excluding hydrogens is 301 g/mol. The first-order valence-electron chi connectivity index (χ1n) is 7.07. The first kappa shape index (κ1) is 15.2. The number of benzene rings is 1.